The molecule has 0 fully saturated rings. The molecule has 1 aromatic heterocycles. The van der Waals surface area contributed by atoms with Crippen LogP contribution in [0.5, 0.6) is 0 Å². The van der Waals surface area contributed by atoms with Crippen molar-refractivity contribution >= 4 is 17.6 Å². The Morgan fingerprint density at radius 2 is 2.35 bits per heavy atom. The molecule has 0 saturated heterocycles. The van der Waals surface area contributed by atoms with Crippen LogP contribution in [-0.4, -0.2) is 39.5 Å². The molecule has 3 amide bonds. The summed E-state index contributed by atoms with van der Waals surface area (Å²) in [5.41, 5.74) is 5.43. The van der Waals surface area contributed by atoms with Crippen molar-refractivity contribution < 1.29 is 14.7 Å². The lowest BCUT2D eigenvalue weighted by atomic mass is 10.4. The van der Waals surface area contributed by atoms with Gasteiger partial charge in [0.25, 0.3) is 0 Å². The quantitative estimate of drug-likeness (QED) is 0.521. The zero-order valence-corrected chi connectivity index (χ0v) is 9.38. The summed E-state index contributed by atoms with van der Waals surface area (Å²) in [6.45, 7) is 1.67. The number of nitrogens with one attached hydrogen (secondary N) is 2. The molecule has 0 radical (unpaired) electrons. The number of aromatic nitrogens is 2. The number of anilines is 1. The highest BCUT2D eigenvalue weighted by Crippen LogP contribution is 2.03. The molecule has 0 saturated carbocycles. The summed E-state index contributed by atoms with van der Waals surface area (Å²) in [6.07, 6.45) is 2.26. The second kappa shape index (κ2) is 5.85. The summed E-state index contributed by atoms with van der Waals surface area (Å²) >= 11 is 0. The summed E-state index contributed by atoms with van der Waals surface area (Å²) in [6, 6.07) is -0.454. The van der Waals surface area contributed by atoms with E-state index < -0.39 is 18.0 Å². The van der Waals surface area contributed by atoms with E-state index in [2.05, 4.69) is 15.7 Å². The Kier molecular flexibility index (Phi) is 4.46. The molecule has 0 aliphatic heterocycles. The smallest absolute Gasteiger partial charge is 0.319 e. The fraction of sp³-hybridized carbons (Fsp3) is 0.444. The first-order valence-corrected chi connectivity index (χ1v) is 5.01. The van der Waals surface area contributed by atoms with E-state index >= 15 is 0 Å². The summed E-state index contributed by atoms with van der Waals surface area (Å²) in [7, 11) is 0. The molecule has 1 atom stereocenters. The van der Waals surface area contributed by atoms with Crippen molar-refractivity contribution in [3.05, 3.63) is 12.4 Å². The maximum absolute atomic E-state index is 11.3. The van der Waals surface area contributed by atoms with Gasteiger partial charge in [-0.3, -0.25) is 9.48 Å². The van der Waals surface area contributed by atoms with Gasteiger partial charge in [0, 0.05) is 12.7 Å². The van der Waals surface area contributed by atoms with Gasteiger partial charge in [-0.1, -0.05) is 0 Å². The molecule has 8 nitrogen and oxygen atoms in total. The van der Waals surface area contributed by atoms with Crippen LogP contribution in [0.25, 0.3) is 0 Å². The van der Waals surface area contributed by atoms with Gasteiger partial charge in [0.05, 0.1) is 18.0 Å². The van der Waals surface area contributed by atoms with E-state index in [9.17, 15) is 9.59 Å². The average molecular weight is 241 g/mol. The molecule has 0 spiro atoms. The number of urea groups is 1. The van der Waals surface area contributed by atoms with Crippen molar-refractivity contribution in [2.45, 2.75) is 19.6 Å². The monoisotopic (exact) mass is 241 g/mol. The highest BCUT2D eigenvalue weighted by Gasteiger charge is 2.05. The van der Waals surface area contributed by atoms with Crippen LogP contribution >= 0.6 is 0 Å². The molecule has 5 N–H and O–H groups in total. The Labute approximate surface area is 97.8 Å². The second-order valence-electron chi connectivity index (χ2n) is 3.58. The Bertz CT molecular complexity index is 401. The Hall–Kier alpha value is -2.09. The maximum atomic E-state index is 11.3. The third kappa shape index (κ3) is 4.98. The minimum Gasteiger partial charge on any atom is -0.392 e. The van der Waals surface area contributed by atoms with Crippen LogP contribution in [0, 0.1) is 0 Å². The number of rotatable bonds is 5. The third-order valence-electron chi connectivity index (χ3n) is 1.77. The van der Waals surface area contributed by atoms with Crippen molar-refractivity contribution in [1.29, 1.82) is 0 Å². The largest absolute Gasteiger partial charge is 0.392 e. The molecular weight excluding hydrogens is 226 g/mol. The van der Waals surface area contributed by atoms with Gasteiger partial charge in [-0.15, -0.1) is 0 Å². The topological polar surface area (TPSA) is 122 Å². The second-order valence-corrected chi connectivity index (χ2v) is 3.58. The van der Waals surface area contributed by atoms with E-state index in [1.807, 2.05) is 0 Å². The Balaban J connectivity index is 2.43. The number of carbonyl (C=O) groups is 2. The van der Waals surface area contributed by atoms with Crippen molar-refractivity contribution in [1.82, 2.24) is 15.1 Å². The van der Waals surface area contributed by atoms with Crippen LogP contribution in [0.3, 0.4) is 0 Å². The number of nitrogens with zero attached hydrogens (tertiary/aromatic N) is 2. The zero-order chi connectivity index (χ0) is 12.8. The van der Waals surface area contributed by atoms with Gasteiger partial charge in [0.15, 0.2) is 0 Å². The number of primary amides is 1. The van der Waals surface area contributed by atoms with E-state index in [1.54, 1.807) is 6.92 Å². The first-order valence-electron chi connectivity index (χ1n) is 5.01. The molecule has 0 aliphatic rings. The zero-order valence-electron chi connectivity index (χ0n) is 9.38. The van der Waals surface area contributed by atoms with Gasteiger partial charge in [-0.25, -0.2) is 4.79 Å². The summed E-state index contributed by atoms with van der Waals surface area (Å²) < 4.78 is 1.31. The van der Waals surface area contributed by atoms with Crippen molar-refractivity contribution in [3.8, 4) is 0 Å². The van der Waals surface area contributed by atoms with E-state index in [1.165, 1.54) is 17.1 Å². The average Bonchev–Trinajstić information content (AvgIpc) is 2.61. The fourth-order valence-corrected chi connectivity index (χ4v) is 1.09. The molecule has 0 aromatic carbocycles. The van der Waals surface area contributed by atoms with Gasteiger partial charge in [0.2, 0.25) is 5.91 Å². The minimum atomic E-state index is -0.613. The highest BCUT2D eigenvalue weighted by molar-refractivity contribution is 5.88. The molecule has 8 heteroatoms. The number of aliphatic hydroxyl groups excluding tert-OH is 1. The van der Waals surface area contributed by atoms with Crippen molar-refractivity contribution in [2.75, 3.05) is 11.9 Å². The van der Waals surface area contributed by atoms with Crippen LogP contribution in [0.15, 0.2) is 12.4 Å². The maximum Gasteiger partial charge on any atom is 0.319 e. The number of hydrogen-bond donors (Lipinski definition) is 4. The summed E-state index contributed by atoms with van der Waals surface area (Å²) in [5.74, 6) is -0.516. The Morgan fingerprint density at radius 3 is 2.94 bits per heavy atom. The van der Waals surface area contributed by atoms with Crippen molar-refractivity contribution in [2.24, 2.45) is 5.73 Å². The number of nitrogens with two attached hydrogens (primary N) is 1. The van der Waals surface area contributed by atoms with Gasteiger partial charge in [-0.05, 0) is 6.92 Å². The molecule has 1 aromatic rings. The standard InChI is InChI=1S/C9H15N5O3/c1-6(15)2-11-9(17)13-7-3-12-14(4-7)5-8(10)16/h3-4,6,15H,2,5H2,1H3,(H2,10,16)(H2,11,13,17)/t6-/m1/s1. The third-order valence-corrected chi connectivity index (χ3v) is 1.77. The molecular formula is C9H15N5O3. The van der Waals surface area contributed by atoms with Gasteiger partial charge >= 0.3 is 6.03 Å². The summed E-state index contributed by atoms with van der Waals surface area (Å²) in [4.78, 5) is 21.9. The molecule has 1 heterocycles. The molecule has 0 bridgehead atoms. The van der Waals surface area contributed by atoms with Crippen molar-refractivity contribution in [3.63, 3.8) is 0 Å². The molecule has 0 aliphatic carbocycles. The van der Waals surface area contributed by atoms with Gasteiger partial charge < -0.3 is 21.5 Å². The molecule has 17 heavy (non-hydrogen) atoms. The predicted octanol–water partition coefficient (Wildman–Crippen LogP) is -1.13. The van der Waals surface area contributed by atoms with E-state index in [0.717, 1.165) is 0 Å². The highest BCUT2D eigenvalue weighted by atomic mass is 16.3. The number of hydrogen-bond acceptors (Lipinski definition) is 4. The van der Waals surface area contributed by atoms with E-state index in [4.69, 9.17) is 10.8 Å². The molecule has 94 valence electrons. The summed E-state index contributed by atoms with van der Waals surface area (Å²) in [5, 5.41) is 17.7. The van der Waals surface area contributed by atoms with Gasteiger partial charge in [-0.2, -0.15) is 5.10 Å². The lowest BCUT2D eigenvalue weighted by Crippen LogP contribution is -2.34. The van der Waals surface area contributed by atoms with Crippen LogP contribution in [0.1, 0.15) is 6.92 Å². The van der Waals surface area contributed by atoms with Crippen LogP contribution in [-0.2, 0) is 11.3 Å². The van der Waals surface area contributed by atoms with E-state index in [0.29, 0.717) is 5.69 Å². The van der Waals surface area contributed by atoms with E-state index in [-0.39, 0.29) is 13.1 Å². The fourth-order valence-electron chi connectivity index (χ4n) is 1.09. The number of amides is 3. The first-order chi connectivity index (χ1) is 7.97. The SMILES string of the molecule is C[C@@H](O)CNC(=O)Nc1cnn(CC(N)=O)c1. The minimum absolute atomic E-state index is 0.0447. The predicted molar refractivity (Wildman–Crippen MR) is 60.1 cm³/mol. The Morgan fingerprint density at radius 1 is 1.65 bits per heavy atom. The lowest BCUT2D eigenvalue weighted by Gasteiger charge is -2.07. The molecule has 0 unspecified atom stereocenters. The number of carbonyl (C=O) groups excluding carboxylic acids is 2. The van der Waals surface area contributed by atoms with Gasteiger partial charge in [0.1, 0.15) is 6.54 Å². The molecule has 1 rings (SSSR count). The first kappa shape index (κ1) is 13.0. The normalized spacial score (nSPS) is 11.9. The van der Waals surface area contributed by atoms with Crippen LogP contribution in [0.4, 0.5) is 10.5 Å². The van der Waals surface area contributed by atoms with Crippen LogP contribution < -0.4 is 16.4 Å². The lowest BCUT2D eigenvalue weighted by molar-refractivity contribution is -0.118. The van der Waals surface area contributed by atoms with Crippen LogP contribution in [0.2, 0.25) is 0 Å². The number of aliphatic hydroxyl groups is 1.